The second kappa shape index (κ2) is 18.4. The van der Waals surface area contributed by atoms with Crippen molar-refractivity contribution in [2.75, 3.05) is 5.75 Å². The van der Waals surface area contributed by atoms with Gasteiger partial charge in [0.2, 0.25) is 0 Å². The minimum absolute atomic E-state index is 0. The van der Waals surface area contributed by atoms with E-state index in [0.717, 1.165) is 25.0 Å². The van der Waals surface area contributed by atoms with Gasteiger partial charge in [-0.25, -0.2) is 8.42 Å². The first kappa shape index (κ1) is 30.9. The molecule has 1 atom stereocenters. The van der Waals surface area contributed by atoms with E-state index in [4.69, 9.17) is 4.74 Å². The van der Waals surface area contributed by atoms with Crippen LogP contribution in [0.1, 0.15) is 109 Å². The van der Waals surface area contributed by atoms with Crippen LogP contribution in [0.2, 0.25) is 0 Å². The Morgan fingerprint density at radius 2 is 1.35 bits per heavy atom. The van der Waals surface area contributed by atoms with Gasteiger partial charge in [-0.15, -0.1) is 0 Å². The van der Waals surface area contributed by atoms with Crippen LogP contribution < -0.4 is 34.3 Å². The van der Waals surface area contributed by atoms with Gasteiger partial charge in [0, 0.05) is 0 Å². The average Bonchev–Trinajstić information content (AvgIpc) is 2.67. The molecule has 0 saturated heterocycles. The minimum Gasteiger partial charge on any atom is -0.748 e. The van der Waals surface area contributed by atoms with E-state index in [1.165, 1.54) is 81.8 Å². The fraction of sp³-hybridized carbons (Fsp3) is 0.760. The Labute approximate surface area is 214 Å². The Bertz CT molecular complexity index is 676. The molecule has 0 aliphatic heterocycles. The standard InChI is InChI=1S/C25H44O4S.Na/c1-4-6-8-10-12-14-17-23-18-16-20-25(29-22(3)21-30(26,27)28)24(23)19-15-13-11-9-7-5-2;/h16,18,20,22H,4-15,17,19,21H2,1-3H3,(H,26,27,28);/q;+1/p-1. The maximum absolute atomic E-state index is 11.1. The summed E-state index contributed by atoms with van der Waals surface area (Å²) in [5.74, 6) is 0.258. The second-order valence-corrected chi connectivity index (χ2v) is 10.0. The molecule has 1 rings (SSSR count). The fourth-order valence-electron chi connectivity index (χ4n) is 3.96. The summed E-state index contributed by atoms with van der Waals surface area (Å²) in [5, 5.41) is 0. The Kier molecular flexibility index (Phi) is 18.3. The van der Waals surface area contributed by atoms with E-state index in [1.807, 2.05) is 12.1 Å². The van der Waals surface area contributed by atoms with Crippen molar-refractivity contribution in [3.05, 3.63) is 29.3 Å². The summed E-state index contributed by atoms with van der Waals surface area (Å²) >= 11 is 0. The van der Waals surface area contributed by atoms with E-state index >= 15 is 0 Å². The number of benzene rings is 1. The Hall–Kier alpha value is -0.0700. The van der Waals surface area contributed by atoms with E-state index in [1.54, 1.807) is 6.92 Å². The van der Waals surface area contributed by atoms with Crippen molar-refractivity contribution in [1.82, 2.24) is 0 Å². The number of unbranched alkanes of at least 4 members (excludes halogenated alkanes) is 10. The third-order valence-corrected chi connectivity index (χ3v) is 6.45. The molecule has 0 bridgehead atoms. The van der Waals surface area contributed by atoms with Crippen molar-refractivity contribution in [1.29, 1.82) is 0 Å². The summed E-state index contributed by atoms with van der Waals surface area (Å²) in [4.78, 5) is 0. The number of aryl methyl sites for hydroxylation is 1. The number of hydrogen-bond acceptors (Lipinski definition) is 4. The van der Waals surface area contributed by atoms with Crippen molar-refractivity contribution >= 4 is 10.1 Å². The number of hydrogen-bond donors (Lipinski definition) is 0. The monoisotopic (exact) mass is 462 g/mol. The SMILES string of the molecule is CCCCCCCCc1cccc(OC(C)CS(=O)(=O)[O-])c1CCCCCCCC.[Na+]. The second-order valence-electron chi connectivity index (χ2n) is 8.58. The van der Waals surface area contributed by atoms with Gasteiger partial charge in [-0.05, 0) is 49.8 Å². The molecule has 6 heteroatoms. The molecule has 4 nitrogen and oxygen atoms in total. The van der Waals surface area contributed by atoms with E-state index in [-0.39, 0.29) is 29.6 Å². The summed E-state index contributed by atoms with van der Waals surface area (Å²) < 4.78 is 39.2. The van der Waals surface area contributed by atoms with Gasteiger partial charge in [0.1, 0.15) is 11.9 Å². The molecule has 0 aliphatic carbocycles. The van der Waals surface area contributed by atoms with Crippen LogP contribution in [0.3, 0.4) is 0 Å². The molecular formula is C25H43NaO4S. The summed E-state index contributed by atoms with van der Waals surface area (Å²) in [7, 11) is -4.30. The van der Waals surface area contributed by atoms with Crippen LogP contribution in [-0.4, -0.2) is 24.8 Å². The van der Waals surface area contributed by atoms with Gasteiger partial charge in [0.05, 0.1) is 15.9 Å². The Balaban J connectivity index is 0.00000900. The predicted molar refractivity (Wildman–Crippen MR) is 125 cm³/mol. The summed E-state index contributed by atoms with van der Waals surface area (Å²) in [6.45, 7) is 6.12. The Morgan fingerprint density at radius 3 is 1.90 bits per heavy atom. The quantitative estimate of drug-likeness (QED) is 0.189. The first-order chi connectivity index (χ1) is 14.4. The van der Waals surface area contributed by atoms with E-state index in [0.29, 0.717) is 0 Å². The topological polar surface area (TPSA) is 66.4 Å². The van der Waals surface area contributed by atoms with Crippen molar-refractivity contribution < 1.29 is 47.3 Å². The van der Waals surface area contributed by atoms with E-state index in [2.05, 4.69) is 19.9 Å². The summed E-state index contributed by atoms with van der Waals surface area (Å²) in [6.07, 6.45) is 16.3. The van der Waals surface area contributed by atoms with Gasteiger partial charge in [-0.3, -0.25) is 0 Å². The van der Waals surface area contributed by atoms with E-state index in [9.17, 15) is 13.0 Å². The molecular weight excluding hydrogens is 419 g/mol. The molecule has 174 valence electrons. The summed E-state index contributed by atoms with van der Waals surface area (Å²) in [6, 6.07) is 6.09. The van der Waals surface area contributed by atoms with Gasteiger partial charge < -0.3 is 9.29 Å². The van der Waals surface area contributed by atoms with Gasteiger partial charge in [0.25, 0.3) is 0 Å². The van der Waals surface area contributed by atoms with Gasteiger partial charge in [-0.1, -0.05) is 90.2 Å². The molecule has 0 aliphatic rings. The van der Waals surface area contributed by atoms with Crippen molar-refractivity contribution in [3.63, 3.8) is 0 Å². The van der Waals surface area contributed by atoms with Gasteiger partial charge in [0.15, 0.2) is 0 Å². The van der Waals surface area contributed by atoms with Gasteiger partial charge >= 0.3 is 29.6 Å². The first-order valence-corrected chi connectivity index (χ1v) is 13.7. The third-order valence-electron chi connectivity index (χ3n) is 5.58. The third kappa shape index (κ3) is 15.4. The number of rotatable bonds is 18. The number of ether oxygens (including phenoxy) is 1. The van der Waals surface area contributed by atoms with Crippen molar-refractivity contribution in [2.45, 2.75) is 117 Å². The first-order valence-electron chi connectivity index (χ1n) is 12.1. The molecule has 1 aromatic carbocycles. The minimum atomic E-state index is -4.30. The van der Waals surface area contributed by atoms with Crippen LogP contribution in [0.25, 0.3) is 0 Å². The van der Waals surface area contributed by atoms with Crippen LogP contribution in [-0.2, 0) is 23.0 Å². The van der Waals surface area contributed by atoms with Crippen molar-refractivity contribution in [2.24, 2.45) is 0 Å². The van der Waals surface area contributed by atoms with Crippen LogP contribution in [0.5, 0.6) is 5.75 Å². The van der Waals surface area contributed by atoms with Crippen LogP contribution in [0.4, 0.5) is 0 Å². The molecule has 0 amide bonds. The predicted octanol–water partition coefficient (Wildman–Crippen LogP) is 3.81. The smallest absolute Gasteiger partial charge is 0.748 e. The van der Waals surface area contributed by atoms with Crippen LogP contribution in [0.15, 0.2) is 18.2 Å². The molecule has 1 unspecified atom stereocenters. The molecule has 0 heterocycles. The molecule has 31 heavy (non-hydrogen) atoms. The van der Waals surface area contributed by atoms with Crippen LogP contribution >= 0.6 is 0 Å². The molecule has 1 aromatic rings. The molecule has 0 saturated carbocycles. The van der Waals surface area contributed by atoms with E-state index < -0.39 is 22.0 Å². The molecule has 0 aromatic heterocycles. The Morgan fingerprint density at radius 1 is 0.839 bits per heavy atom. The largest absolute Gasteiger partial charge is 1.00 e. The fourth-order valence-corrected chi connectivity index (χ4v) is 4.60. The van der Waals surface area contributed by atoms with Gasteiger partial charge in [-0.2, -0.15) is 0 Å². The molecule has 0 N–H and O–H groups in total. The van der Waals surface area contributed by atoms with Crippen LogP contribution in [0, 0.1) is 0 Å². The molecule has 0 fully saturated rings. The zero-order valence-electron chi connectivity index (χ0n) is 20.5. The molecule has 0 radical (unpaired) electrons. The zero-order valence-corrected chi connectivity index (χ0v) is 23.3. The zero-order chi connectivity index (χ0) is 22.2. The molecule has 0 spiro atoms. The maximum atomic E-state index is 11.1. The average molecular weight is 463 g/mol. The maximum Gasteiger partial charge on any atom is 1.00 e. The normalized spacial score (nSPS) is 12.4. The van der Waals surface area contributed by atoms with Crippen molar-refractivity contribution in [3.8, 4) is 5.75 Å². The summed E-state index contributed by atoms with van der Waals surface area (Å²) in [5.41, 5.74) is 2.52.